The Kier molecular flexibility index (Phi) is 7.59. The highest BCUT2D eigenvalue weighted by Gasteiger charge is 2.16. The first-order valence-electron chi connectivity index (χ1n) is 7.40. The van der Waals surface area contributed by atoms with Crippen molar-refractivity contribution in [3.05, 3.63) is 71.3 Å². The molecule has 4 N–H and O–H groups in total. The smallest absolute Gasteiger partial charge is 0.340 e. The van der Waals surface area contributed by atoms with Crippen molar-refractivity contribution in [1.29, 1.82) is 0 Å². The summed E-state index contributed by atoms with van der Waals surface area (Å²) in [4.78, 5) is 0. The van der Waals surface area contributed by atoms with Gasteiger partial charge in [0.15, 0.2) is 0 Å². The predicted molar refractivity (Wildman–Crippen MR) is 89.8 cm³/mol. The van der Waals surface area contributed by atoms with Crippen molar-refractivity contribution in [2.75, 3.05) is 20.2 Å². The van der Waals surface area contributed by atoms with Gasteiger partial charge in [0.25, 0.3) is 0 Å². The molecular formula is C18H24ClN3O. The first-order valence-corrected chi connectivity index (χ1v) is 7.40. The third kappa shape index (κ3) is 5.27. The van der Waals surface area contributed by atoms with E-state index in [1.54, 1.807) is 4.58 Å². The van der Waals surface area contributed by atoms with E-state index in [2.05, 4.69) is 31.2 Å². The van der Waals surface area contributed by atoms with Gasteiger partial charge in [0, 0.05) is 0 Å². The van der Waals surface area contributed by atoms with Crippen molar-refractivity contribution in [2.24, 2.45) is 11.5 Å². The molecule has 0 saturated carbocycles. The van der Waals surface area contributed by atoms with Crippen molar-refractivity contribution in [1.82, 2.24) is 0 Å². The summed E-state index contributed by atoms with van der Waals surface area (Å²) in [6.07, 6.45) is -0.0881. The van der Waals surface area contributed by atoms with Gasteiger partial charge in [0.1, 0.15) is 6.10 Å². The maximum absolute atomic E-state index is 6.15. The minimum atomic E-state index is -0.0881. The summed E-state index contributed by atoms with van der Waals surface area (Å²) in [6, 6.07) is 18.5. The molecule has 0 radical (unpaired) electrons. The van der Waals surface area contributed by atoms with E-state index < -0.39 is 0 Å². The second-order valence-corrected chi connectivity index (χ2v) is 5.36. The summed E-state index contributed by atoms with van der Waals surface area (Å²) in [5, 5.41) is 0. The molecule has 23 heavy (non-hydrogen) atoms. The molecule has 0 saturated heterocycles. The number of likely N-dealkylation sites (N-methyl/N-ethyl adjacent to an activating group) is 1. The van der Waals surface area contributed by atoms with Gasteiger partial charge in [-0.3, -0.25) is 16.0 Å². The molecule has 0 bridgehead atoms. The summed E-state index contributed by atoms with van der Waals surface area (Å²) < 4.78 is 7.93. The number of hydrogen-bond donors (Lipinski definition) is 2. The number of nitrogens with two attached hydrogens (primary N) is 2. The number of aryl methyl sites for hydroxylation is 1. The quantitative estimate of drug-likeness (QED) is 0.406. The molecular weight excluding hydrogens is 310 g/mol. The normalized spacial score (nSPS) is 11.4. The van der Waals surface area contributed by atoms with Crippen molar-refractivity contribution >= 4 is 5.96 Å². The first-order chi connectivity index (χ1) is 10.6. The Morgan fingerprint density at radius 1 is 1.04 bits per heavy atom. The minimum absolute atomic E-state index is 0. The molecule has 2 aromatic carbocycles. The van der Waals surface area contributed by atoms with Crippen LogP contribution in [0.3, 0.4) is 0 Å². The van der Waals surface area contributed by atoms with Gasteiger partial charge in [0.05, 0.1) is 20.2 Å². The molecule has 1 unspecified atom stereocenters. The molecule has 0 spiro atoms. The summed E-state index contributed by atoms with van der Waals surface area (Å²) in [5.41, 5.74) is 14.7. The number of benzene rings is 2. The molecule has 0 amide bonds. The van der Waals surface area contributed by atoms with Crippen LogP contribution in [0.15, 0.2) is 54.6 Å². The van der Waals surface area contributed by atoms with Crippen LogP contribution in [0.5, 0.6) is 0 Å². The van der Waals surface area contributed by atoms with E-state index in [9.17, 15) is 0 Å². The van der Waals surface area contributed by atoms with Crippen LogP contribution in [0.25, 0.3) is 0 Å². The van der Waals surface area contributed by atoms with Crippen LogP contribution < -0.4 is 23.9 Å². The molecule has 0 fully saturated rings. The standard InChI is InChI=1S/C18H23N3O.ClH/c1-14-8-6-7-11-16(14)17(15-9-4-3-5-10-15)22-13-12-21(2)18(19)20;/h3-11,17H,12-13H2,1-2H3,(H3,19,20);1H. The molecule has 0 heterocycles. The van der Waals surface area contributed by atoms with Gasteiger partial charge in [-0.25, -0.2) is 0 Å². The summed E-state index contributed by atoms with van der Waals surface area (Å²) in [5.74, 6) is 0.302. The Balaban J connectivity index is 0.00000264. The molecule has 5 heteroatoms. The first kappa shape index (κ1) is 19.0. The van der Waals surface area contributed by atoms with Crippen molar-refractivity contribution < 1.29 is 21.7 Å². The van der Waals surface area contributed by atoms with E-state index in [4.69, 9.17) is 16.2 Å². The lowest BCUT2D eigenvalue weighted by molar-refractivity contribution is -0.502. The predicted octanol–water partition coefficient (Wildman–Crippen LogP) is -0.979. The summed E-state index contributed by atoms with van der Waals surface area (Å²) in [7, 11) is 1.85. The van der Waals surface area contributed by atoms with Crippen LogP contribution in [-0.4, -0.2) is 30.7 Å². The average molecular weight is 334 g/mol. The second kappa shape index (κ2) is 9.18. The monoisotopic (exact) mass is 333 g/mol. The molecule has 0 aliphatic heterocycles. The van der Waals surface area contributed by atoms with Gasteiger partial charge in [-0.1, -0.05) is 54.6 Å². The number of ether oxygens (including phenoxy) is 1. The molecule has 2 aromatic rings. The van der Waals surface area contributed by atoms with E-state index in [1.165, 1.54) is 11.1 Å². The molecule has 0 aliphatic rings. The summed E-state index contributed by atoms with van der Waals surface area (Å²) in [6.45, 7) is 3.30. The van der Waals surface area contributed by atoms with Crippen LogP contribution in [0.4, 0.5) is 0 Å². The van der Waals surface area contributed by atoms with Gasteiger partial charge >= 0.3 is 5.96 Å². The van der Waals surface area contributed by atoms with E-state index in [1.807, 2.05) is 37.4 Å². The number of halogens is 1. The van der Waals surface area contributed by atoms with E-state index in [0.29, 0.717) is 19.1 Å². The molecule has 124 valence electrons. The lowest BCUT2D eigenvalue weighted by Gasteiger charge is -2.21. The van der Waals surface area contributed by atoms with Crippen LogP contribution in [0.2, 0.25) is 0 Å². The lowest BCUT2D eigenvalue weighted by atomic mass is 9.97. The van der Waals surface area contributed by atoms with Crippen molar-refractivity contribution in [3.8, 4) is 0 Å². The zero-order chi connectivity index (χ0) is 15.9. The maximum atomic E-state index is 6.15. The number of guanidine groups is 1. The fourth-order valence-corrected chi connectivity index (χ4v) is 2.31. The van der Waals surface area contributed by atoms with E-state index in [-0.39, 0.29) is 18.5 Å². The molecule has 4 nitrogen and oxygen atoms in total. The largest absolute Gasteiger partial charge is 1.00 e. The van der Waals surface area contributed by atoms with Crippen LogP contribution in [-0.2, 0) is 4.74 Å². The average Bonchev–Trinajstić information content (AvgIpc) is 2.53. The van der Waals surface area contributed by atoms with Gasteiger partial charge in [-0.15, -0.1) is 0 Å². The lowest BCUT2D eigenvalue weighted by Crippen LogP contribution is -3.00. The highest BCUT2D eigenvalue weighted by molar-refractivity contribution is 5.70. The molecule has 1 atom stereocenters. The van der Waals surface area contributed by atoms with Gasteiger partial charge in [-0.2, -0.15) is 0 Å². The Morgan fingerprint density at radius 2 is 1.65 bits per heavy atom. The number of nitrogens with zero attached hydrogens (tertiary/aromatic N) is 1. The zero-order valence-electron chi connectivity index (χ0n) is 13.6. The SMILES string of the molecule is Cc1ccccc1C(OCC[N+](C)=C(N)N)c1ccccc1.[Cl-]. The fourth-order valence-electron chi connectivity index (χ4n) is 2.31. The zero-order valence-corrected chi connectivity index (χ0v) is 14.3. The summed E-state index contributed by atoms with van der Waals surface area (Å²) >= 11 is 0. The number of rotatable bonds is 6. The van der Waals surface area contributed by atoms with Crippen LogP contribution in [0.1, 0.15) is 22.8 Å². The molecule has 0 aliphatic carbocycles. The highest BCUT2D eigenvalue weighted by atomic mass is 35.5. The third-order valence-electron chi connectivity index (χ3n) is 3.73. The third-order valence-corrected chi connectivity index (χ3v) is 3.73. The van der Waals surface area contributed by atoms with Crippen LogP contribution in [0, 0.1) is 6.92 Å². The van der Waals surface area contributed by atoms with E-state index >= 15 is 0 Å². The van der Waals surface area contributed by atoms with Crippen molar-refractivity contribution in [2.45, 2.75) is 13.0 Å². The highest BCUT2D eigenvalue weighted by Crippen LogP contribution is 2.28. The fraction of sp³-hybridized carbons (Fsp3) is 0.278. The number of hydrogen-bond acceptors (Lipinski definition) is 1. The molecule has 0 aromatic heterocycles. The maximum Gasteiger partial charge on any atom is 0.340 e. The topological polar surface area (TPSA) is 64.3 Å². The van der Waals surface area contributed by atoms with Gasteiger partial charge < -0.3 is 17.1 Å². The Morgan fingerprint density at radius 3 is 2.26 bits per heavy atom. The minimum Gasteiger partial charge on any atom is -1.00 e. The van der Waals surface area contributed by atoms with Crippen molar-refractivity contribution in [3.63, 3.8) is 0 Å². The van der Waals surface area contributed by atoms with Crippen LogP contribution >= 0.6 is 0 Å². The van der Waals surface area contributed by atoms with E-state index in [0.717, 1.165) is 5.56 Å². The molecule has 2 rings (SSSR count). The van der Waals surface area contributed by atoms with Gasteiger partial charge in [0.2, 0.25) is 0 Å². The Labute approximate surface area is 144 Å². The Bertz CT molecular complexity index is 640. The van der Waals surface area contributed by atoms with Gasteiger partial charge in [-0.05, 0) is 23.6 Å². The Hall–Kier alpha value is -2.04. The second-order valence-electron chi connectivity index (χ2n) is 5.36.